The van der Waals surface area contributed by atoms with Gasteiger partial charge in [0.25, 0.3) is 0 Å². The maximum absolute atomic E-state index is 10.1. The minimum Gasteiger partial charge on any atom is -0.491 e. The molecule has 0 heterocycles. The first-order valence-corrected chi connectivity index (χ1v) is 7.25. The highest BCUT2D eigenvalue weighted by Crippen LogP contribution is 2.21. The molecular weight excluding hydrogens is 288 g/mol. The smallest absolute Gasteiger partial charge is 0.120 e. The highest BCUT2D eigenvalue weighted by molar-refractivity contribution is 6.30. The van der Waals surface area contributed by atoms with Crippen molar-refractivity contribution in [2.24, 2.45) is 0 Å². The van der Waals surface area contributed by atoms with E-state index in [1.54, 1.807) is 18.2 Å². The van der Waals surface area contributed by atoms with Crippen LogP contribution in [0.15, 0.2) is 48.5 Å². The van der Waals surface area contributed by atoms with E-state index in [-0.39, 0.29) is 12.7 Å². The van der Waals surface area contributed by atoms with Gasteiger partial charge in [0.05, 0.1) is 6.10 Å². The molecule has 0 fully saturated rings. The van der Waals surface area contributed by atoms with Gasteiger partial charge in [-0.05, 0) is 49.7 Å². The van der Waals surface area contributed by atoms with E-state index in [1.807, 2.05) is 44.2 Å². The molecule has 0 saturated carbocycles. The summed E-state index contributed by atoms with van der Waals surface area (Å²) < 4.78 is 11.1. The molecule has 0 aromatic heterocycles. The molecule has 1 atom stereocenters. The molecule has 2 rings (SSSR count). The van der Waals surface area contributed by atoms with Crippen LogP contribution in [-0.2, 0) is 0 Å². The summed E-state index contributed by atoms with van der Waals surface area (Å²) in [5.74, 6) is 1.43. The lowest BCUT2D eigenvalue weighted by atomic mass is 10.1. The maximum Gasteiger partial charge on any atom is 0.120 e. The quantitative estimate of drug-likeness (QED) is 0.867. The molecule has 1 unspecified atom stereocenters. The minimum atomic E-state index is -0.697. The Morgan fingerprint density at radius 2 is 1.76 bits per heavy atom. The molecule has 21 heavy (non-hydrogen) atoms. The largest absolute Gasteiger partial charge is 0.491 e. The van der Waals surface area contributed by atoms with Gasteiger partial charge in [0, 0.05) is 5.02 Å². The average molecular weight is 307 g/mol. The fourth-order valence-electron chi connectivity index (χ4n) is 1.87. The van der Waals surface area contributed by atoms with Gasteiger partial charge in [0.1, 0.15) is 24.2 Å². The predicted octanol–water partition coefficient (Wildman–Crippen LogP) is 4.24. The first kappa shape index (κ1) is 15.7. The topological polar surface area (TPSA) is 38.7 Å². The molecule has 2 aromatic carbocycles. The number of benzene rings is 2. The monoisotopic (exact) mass is 306 g/mol. The van der Waals surface area contributed by atoms with Crippen LogP contribution in [0.25, 0.3) is 0 Å². The molecule has 0 bridgehead atoms. The van der Waals surface area contributed by atoms with Crippen LogP contribution < -0.4 is 9.47 Å². The fraction of sp³-hybridized carbons (Fsp3) is 0.294. The van der Waals surface area contributed by atoms with Gasteiger partial charge >= 0.3 is 0 Å². The highest BCUT2D eigenvalue weighted by Gasteiger charge is 2.09. The normalized spacial score (nSPS) is 12.2. The summed E-state index contributed by atoms with van der Waals surface area (Å²) in [4.78, 5) is 0. The van der Waals surface area contributed by atoms with Crippen LogP contribution in [-0.4, -0.2) is 17.8 Å². The van der Waals surface area contributed by atoms with Gasteiger partial charge in [-0.1, -0.05) is 29.8 Å². The molecule has 0 aliphatic carbocycles. The van der Waals surface area contributed by atoms with Crippen LogP contribution in [0, 0.1) is 0 Å². The van der Waals surface area contributed by atoms with Crippen LogP contribution in [0.3, 0.4) is 0 Å². The van der Waals surface area contributed by atoms with E-state index in [1.165, 1.54) is 0 Å². The molecule has 4 heteroatoms. The standard InChI is InChI=1S/C17H19ClO3/c1-12(2)21-15-8-6-13(7-9-15)17(19)11-20-16-5-3-4-14(18)10-16/h3-10,12,17,19H,11H2,1-2H3. The zero-order valence-corrected chi connectivity index (χ0v) is 12.9. The minimum absolute atomic E-state index is 0.131. The van der Waals surface area contributed by atoms with E-state index in [9.17, 15) is 5.11 Å². The average Bonchev–Trinajstić information content (AvgIpc) is 2.45. The molecule has 0 aliphatic heterocycles. The molecular formula is C17H19ClO3. The summed E-state index contributed by atoms with van der Waals surface area (Å²) in [6, 6.07) is 14.5. The molecule has 0 spiro atoms. The van der Waals surface area contributed by atoms with Crippen LogP contribution in [0.2, 0.25) is 5.02 Å². The Hall–Kier alpha value is -1.71. The number of hydrogen-bond donors (Lipinski definition) is 1. The summed E-state index contributed by atoms with van der Waals surface area (Å²) in [7, 11) is 0. The SMILES string of the molecule is CC(C)Oc1ccc(C(O)COc2cccc(Cl)c2)cc1. The van der Waals surface area contributed by atoms with E-state index >= 15 is 0 Å². The summed E-state index contributed by atoms with van der Waals surface area (Å²) >= 11 is 5.88. The van der Waals surface area contributed by atoms with Crippen molar-refractivity contribution in [3.63, 3.8) is 0 Å². The van der Waals surface area contributed by atoms with Gasteiger partial charge in [-0.15, -0.1) is 0 Å². The molecule has 2 aromatic rings. The number of hydrogen-bond acceptors (Lipinski definition) is 3. The summed E-state index contributed by atoms with van der Waals surface area (Å²) in [5, 5.41) is 10.7. The second kappa shape index (κ2) is 7.34. The summed E-state index contributed by atoms with van der Waals surface area (Å²) in [6.07, 6.45) is -0.566. The number of rotatable bonds is 6. The Morgan fingerprint density at radius 3 is 2.38 bits per heavy atom. The van der Waals surface area contributed by atoms with Crippen molar-refractivity contribution in [1.82, 2.24) is 0 Å². The van der Waals surface area contributed by atoms with Crippen LogP contribution in [0.1, 0.15) is 25.5 Å². The van der Waals surface area contributed by atoms with Crippen molar-refractivity contribution in [3.05, 3.63) is 59.1 Å². The molecule has 0 saturated heterocycles. The lowest BCUT2D eigenvalue weighted by Crippen LogP contribution is -2.10. The van der Waals surface area contributed by atoms with E-state index in [4.69, 9.17) is 21.1 Å². The number of aliphatic hydroxyl groups excluding tert-OH is 1. The predicted molar refractivity (Wildman–Crippen MR) is 84.1 cm³/mol. The Labute approximate surface area is 130 Å². The van der Waals surface area contributed by atoms with Crippen molar-refractivity contribution in [3.8, 4) is 11.5 Å². The first-order valence-electron chi connectivity index (χ1n) is 6.87. The third-order valence-corrected chi connectivity index (χ3v) is 3.08. The van der Waals surface area contributed by atoms with Gasteiger partial charge in [-0.25, -0.2) is 0 Å². The van der Waals surface area contributed by atoms with Crippen molar-refractivity contribution >= 4 is 11.6 Å². The van der Waals surface area contributed by atoms with Crippen LogP contribution in [0.5, 0.6) is 11.5 Å². The van der Waals surface area contributed by atoms with E-state index < -0.39 is 6.10 Å². The molecule has 0 radical (unpaired) electrons. The van der Waals surface area contributed by atoms with E-state index in [0.717, 1.165) is 11.3 Å². The van der Waals surface area contributed by atoms with Crippen LogP contribution >= 0.6 is 11.6 Å². The van der Waals surface area contributed by atoms with Crippen molar-refractivity contribution in [1.29, 1.82) is 0 Å². The van der Waals surface area contributed by atoms with Gasteiger partial charge in [0.2, 0.25) is 0 Å². The van der Waals surface area contributed by atoms with E-state index in [0.29, 0.717) is 10.8 Å². The van der Waals surface area contributed by atoms with Gasteiger partial charge < -0.3 is 14.6 Å². The molecule has 1 N–H and O–H groups in total. The lowest BCUT2D eigenvalue weighted by Gasteiger charge is -2.14. The van der Waals surface area contributed by atoms with Gasteiger partial charge in [0.15, 0.2) is 0 Å². The van der Waals surface area contributed by atoms with Gasteiger partial charge in [-0.3, -0.25) is 0 Å². The number of aliphatic hydroxyl groups is 1. The fourth-order valence-corrected chi connectivity index (χ4v) is 2.05. The molecule has 0 aliphatic rings. The van der Waals surface area contributed by atoms with Crippen molar-refractivity contribution < 1.29 is 14.6 Å². The highest BCUT2D eigenvalue weighted by atomic mass is 35.5. The number of halogens is 1. The second-order valence-corrected chi connectivity index (χ2v) is 5.46. The first-order chi connectivity index (χ1) is 10.0. The Kier molecular flexibility index (Phi) is 5.48. The second-order valence-electron chi connectivity index (χ2n) is 5.02. The molecule has 0 amide bonds. The van der Waals surface area contributed by atoms with Gasteiger partial charge in [-0.2, -0.15) is 0 Å². The van der Waals surface area contributed by atoms with Crippen LogP contribution in [0.4, 0.5) is 0 Å². The molecule has 112 valence electrons. The maximum atomic E-state index is 10.1. The Bertz CT molecular complexity index is 567. The van der Waals surface area contributed by atoms with Crippen molar-refractivity contribution in [2.75, 3.05) is 6.61 Å². The summed E-state index contributed by atoms with van der Waals surface area (Å²) in [6.45, 7) is 4.12. The molecule has 3 nitrogen and oxygen atoms in total. The third kappa shape index (κ3) is 4.96. The lowest BCUT2D eigenvalue weighted by molar-refractivity contribution is 0.108. The Balaban J connectivity index is 1.92. The summed E-state index contributed by atoms with van der Waals surface area (Å²) in [5.41, 5.74) is 0.785. The zero-order chi connectivity index (χ0) is 15.2. The Morgan fingerprint density at radius 1 is 1.05 bits per heavy atom. The zero-order valence-electron chi connectivity index (χ0n) is 12.1. The van der Waals surface area contributed by atoms with E-state index in [2.05, 4.69) is 0 Å². The number of ether oxygens (including phenoxy) is 2. The third-order valence-electron chi connectivity index (χ3n) is 2.84. The van der Waals surface area contributed by atoms with Crippen molar-refractivity contribution in [2.45, 2.75) is 26.1 Å².